The number of benzene rings is 1. The van der Waals surface area contributed by atoms with E-state index in [2.05, 4.69) is 34.6 Å². The number of hydrogen-bond acceptors (Lipinski definition) is 2. The zero-order valence-corrected chi connectivity index (χ0v) is 15.7. The number of carbonyl (C=O) groups excluding carboxylic acids is 1. The molecule has 1 atom stereocenters. The molecule has 126 valence electrons. The molecule has 0 amide bonds. The third-order valence-electron chi connectivity index (χ3n) is 4.54. The van der Waals surface area contributed by atoms with E-state index in [1.807, 2.05) is 32.9 Å². The van der Waals surface area contributed by atoms with Crippen LogP contribution in [-0.4, -0.2) is 10.9 Å². The lowest BCUT2D eigenvalue weighted by molar-refractivity contribution is 0.0988. The van der Waals surface area contributed by atoms with E-state index in [9.17, 15) is 9.90 Å². The van der Waals surface area contributed by atoms with Crippen molar-refractivity contribution in [2.75, 3.05) is 0 Å². The van der Waals surface area contributed by atoms with E-state index < -0.39 is 0 Å². The summed E-state index contributed by atoms with van der Waals surface area (Å²) in [5.74, 6) is 0.771. The van der Waals surface area contributed by atoms with E-state index in [0.29, 0.717) is 12.2 Å². The van der Waals surface area contributed by atoms with Crippen LogP contribution in [0.25, 0.3) is 0 Å². The Labute approximate surface area is 137 Å². The van der Waals surface area contributed by atoms with Crippen LogP contribution in [0.5, 0.6) is 5.75 Å². The average molecular weight is 306 g/mol. The highest BCUT2D eigenvalue weighted by Crippen LogP contribution is 2.40. The normalized spacial score (nSPS) is 12.4. The molecule has 0 heterocycles. The van der Waals surface area contributed by atoms with Crippen LogP contribution in [0.3, 0.4) is 0 Å². The molecule has 0 aliphatic heterocycles. The molecule has 0 saturated heterocycles. The zero-order valence-electron chi connectivity index (χ0n) is 15.7. The summed E-state index contributed by atoms with van der Waals surface area (Å²) in [6, 6.07) is 3.76. The molecule has 2 nitrogen and oxygen atoms in total. The Hall–Kier alpha value is -1.31. The first-order chi connectivity index (χ1) is 10.3. The minimum absolute atomic E-state index is 0.129. The van der Waals surface area contributed by atoms with E-state index in [-0.39, 0.29) is 17.1 Å². The molecule has 0 fully saturated rings. The molecule has 1 unspecified atom stereocenters. The van der Waals surface area contributed by atoms with Crippen LogP contribution < -0.4 is 0 Å². The predicted octanol–water partition coefficient (Wildman–Crippen LogP) is 6.21. The Morgan fingerprint density at radius 1 is 1.18 bits per heavy atom. The van der Waals surface area contributed by atoms with Crippen molar-refractivity contribution in [1.29, 1.82) is 0 Å². The van der Waals surface area contributed by atoms with Gasteiger partial charge in [0, 0.05) is 17.5 Å². The highest BCUT2D eigenvalue weighted by molar-refractivity contribution is 5.96. The fourth-order valence-electron chi connectivity index (χ4n) is 2.32. The van der Waals surface area contributed by atoms with Gasteiger partial charge >= 0.3 is 0 Å². The number of ketones is 1. The van der Waals surface area contributed by atoms with Crippen LogP contribution in [0.4, 0.5) is 0 Å². The highest BCUT2D eigenvalue weighted by atomic mass is 16.3. The standard InChI is InChI=1S/C18H28O2.C2H6/c1-7-12(4)14-10-13(16(19)8-2)11-15(17(14)20)18(5,6)9-3;1-2/h10-12,20H,7-9H2,1-6H3;1-2H3. The molecule has 0 saturated carbocycles. The second-order valence-corrected chi connectivity index (χ2v) is 6.29. The van der Waals surface area contributed by atoms with Crippen LogP contribution in [0.15, 0.2) is 12.1 Å². The summed E-state index contributed by atoms with van der Waals surface area (Å²) >= 11 is 0. The summed E-state index contributed by atoms with van der Waals surface area (Å²) < 4.78 is 0. The van der Waals surface area contributed by atoms with Crippen molar-refractivity contribution >= 4 is 5.78 Å². The SMILES string of the molecule is CC.CCC(=O)c1cc(C(C)CC)c(O)c(C(C)(C)CC)c1. The fourth-order valence-corrected chi connectivity index (χ4v) is 2.32. The molecule has 1 rings (SSSR count). The van der Waals surface area contributed by atoms with E-state index in [4.69, 9.17) is 0 Å². The fraction of sp³-hybridized carbons (Fsp3) is 0.650. The van der Waals surface area contributed by atoms with E-state index in [1.165, 1.54) is 0 Å². The Morgan fingerprint density at radius 3 is 2.14 bits per heavy atom. The lowest BCUT2D eigenvalue weighted by atomic mass is 9.78. The van der Waals surface area contributed by atoms with Gasteiger partial charge in [0.15, 0.2) is 5.78 Å². The summed E-state index contributed by atoms with van der Waals surface area (Å²) in [6.45, 7) is 16.4. The van der Waals surface area contributed by atoms with Gasteiger partial charge < -0.3 is 5.11 Å². The Bertz CT molecular complexity index is 487. The zero-order chi connectivity index (χ0) is 17.5. The van der Waals surface area contributed by atoms with Crippen LogP contribution in [0.1, 0.15) is 102 Å². The summed E-state index contributed by atoms with van der Waals surface area (Å²) in [5.41, 5.74) is 2.41. The van der Waals surface area contributed by atoms with Crippen LogP contribution in [-0.2, 0) is 5.41 Å². The van der Waals surface area contributed by atoms with Crippen molar-refractivity contribution in [2.45, 2.75) is 86.0 Å². The molecule has 1 aromatic carbocycles. The number of phenolic OH excluding ortho intramolecular Hbond substituents is 1. The molecular weight excluding hydrogens is 272 g/mol. The second kappa shape index (κ2) is 8.97. The van der Waals surface area contributed by atoms with Crippen molar-refractivity contribution in [3.8, 4) is 5.75 Å². The van der Waals surface area contributed by atoms with Gasteiger partial charge in [0.05, 0.1) is 0 Å². The molecule has 0 bridgehead atoms. The number of hydrogen-bond donors (Lipinski definition) is 1. The van der Waals surface area contributed by atoms with Crippen molar-refractivity contribution < 1.29 is 9.90 Å². The minimum atomic E-state index is -0.129. The lowest BCUT2D eigenvalue weighted by Gasteiger charge is -2.27. The van der Waals surface area contributed by atoms with Gasteiger partial charge in [-0.2, -0.15) is 0 Å². The van der Waals surface area contributed by atoms with E-state index in [1.54, 1.807) is 0 Å². The van der Waals surface area contributed by atoms with Gasteiger partial charge in [0.25, 0.3) is 0 Å². The highest BCUT2D eigenvalue weighted by Gasteiger charge is 2.26. The molecule has 1 N–H and O–H groups in total. The predicted molar refractivity (Wildman–Crippen MR) is 96.1 cm³/mol. The molecule has 0 aromatic heterocycles. The van der Waals surface area contributed by atoms with Gasteiger partial charge in [0.2, 0.25) is 0 Å². The smallest absolute Gasteiger partial charge is 0.162 e. The third kappa shape index (κ3) is 4.59. The Balaban J connectivity index is 0.00000211. The first-order valence-corrected chi connectivity index (χ1v) is 8.69. The largest absolute Gasteiger partial charge is 0.507 e. The number of Topliss-reactive ketones (excluding diaryl/α,β-unsaturated/α-hetero) is 1. The number of carbonyl (C=O) groups is 1. The maximum absolute atomic E-state index is 12.1. The van der Waals surface area contributed by atoms with Gasteiger partial charge in [-0.15, -0.1) is 0 Å². The van der Waals surface area contributed by atoms with Crippen LogP contribution in [0.2, 0.25) is 0 Å². The molecule has 1 aromatic rings. The number of phenols is 1. The van der Waals surface area contributed by atoms with E-state index >= 15 is 0 Å². The molecule has 0 aliphatic carbocycles. The van der Waals surface area contributed by atoms with Gasteiger partial charge in [0.1, 0.15) is 5.75 Å². The van der Waals surface area contributed by atoms with Crippen LogP contribution in [0, 0.1) is 0 Å². The molecule has 0 aliphatic rings. The topological polar surface area (TPSA) is 37.3 Å². The van der Waals surface area contributed by atoms with Gasteiger partial charge in [-0.05, 0) is 41.9 Å². The average Bonchev–Trinajstić information content (AvgIpc) is 2.55. The first-order valence-electron chi connectivity index (χ1n) is 8.69. The summed E-state index contributed by atoms with van der Waals surface area (Å²) in [4.78, 5) is 12.1. The monoisotopic (exact) mass is 306 g/mol. The minimum Gasteiger partial charge on any atom is -0.507 e. The van der Waals surface area contributed by atoms with Crippen LogP contribution >= 0.6 is 0 Å². The number of aromatic hydroxyl groups is 1. The van der Waals surface area contributed by atoms with Gasteiger partial charge in [-0.1, -0.05) is 55.4 Å². The first kappa shape index (κ1) is 20.7. The lowest BCUT2D eigenvalue weighted by Crippen LogP contribution is -2.18. The summed E-state index contributed by atoms with van der Waals surface area (Å²) in [6.07, 6.45) is 2.37. The summed E-state index contributed by atoms with van der Waals surface area (Å²) in [7, 11) is 0. The molecule has 22 heavy (non-hydrogen) atoms. The second-order valence-electron chi connectivity index (χ2n) is 6.29. The summed E-state index contributed by atoms with van der Waals surface area (Å²) in [5, 5.41) is 10.6. The van der Waals surface area contributed by atoms with Crippen molar-refractivity contribution in [3.05, 3.63) is 28.8 Å². The molecule has 2 heteroatoms. The Kier molecular flexibility index (Phi) is 8.44. The molecule has 0 radical (unpaired) electrons. The molecular formula is C20H34O2. The van der Waals surface area contributed by atoms with Gasteiger partial charge in [-0.3, -0.25) is 4.79 Å². The van der Waals surface area contributed by atoms with Crippen molar-refractivity contribution in [1.82, 2.24) is 0 Å². The quantitative estimate of drug-likeness (QED) is 0.634. The van der Waals surface area contributed by atoms with Crippen molar-refractivity contribution in [3.63, 3.8) is 0 Å². The Morgan fingerprint density at radius 2 is 1.73 bits per heavy atom. The van der Waals surface area contributed by atoms with E-state index in [0.717, 1.165) is 29.5 Å². The number of rotatable bonds is 6. The maximum Gasteiger partial charge on any atom is 0.162 e. The third-order valence-corrected chi connectivity index (χ3v) is 4.54. The maximum atomic E-state index is 12.1. The molecule has 0 spiro atoms. The van der Waals surface area contributed by atoms with Gasteiger partial charge in [-0.25, -0.2) is 0 Å². The van der Waals surface area contributed by atoms with Crippen molar-refractivity contribution in [2.24, 2.45) is 0 Å².